The molecule has 1 aromatic heterocycles. The third-order valence-corrected chi connectivity index (χ3v) is 2.28. The Kier molecular flexibility index (Phi) is 5.11. The van der Waals surface area contributed by atoms with Crippen LogP contribution in [0.1, 0.15) is 25.5 Å². The smallest absolute Gasteiger partial charge is 0.306 e. The third kappa shape index (κ3) is 5.24. The van der Waals surface area contributed by atoms with E-state index in [1.807, 2.05) is 0 Å². The van der Waals surface area contributed by atoms with E-state index in [-0.39, 0.29) is 31.1 Å². The van der Waals surface area contributed by atoms with Crippen molar-refractivity contribution in [3.05, 3.63) is 28.3 Å². The van der Waals surface area contributed by atoms with Crippen LogP contribution in [0.2, 0.25) is 0 Å². The average molecular weight is 270 g/mol. The van der Waals surface area contributed by atoms with Gasteiger partial charge in [-0.25, -0.2) is 0 Å². The van der Waals surface area contributed by atoms with Crippen molar-refractivity contribution in [3.63, 3.8) is 0 Å². The van der Waals surface area contributed by atoms with Crippen LogP contribution >= 0.6 is 0 Å². The molecule has 0 aliphatic heterocycles. The van der Waals surface area contributed by atoms with Gasteiger partial charge < -0.3 is 19.4 Å². The lowest BCUT2D eigenvalue weighted by atomic mass is 10.0. The summed E-state index contributed by atoms with van der Waals surface area (Å²) in [6.45, 7) is 1.38. The molecule has 19 heavy (non-hydrogen) atoms. The molecular formula is C12H14O7. The molecular weight excluding hydrogens is 256 g/mol. The first-order valence-corrected chi connectivity index (χ1v) is 5.56. The van der Waals surface area contributed by atoms with Gasteiger partial charge in [0.2, 0.25) is 5.43 Å². The van der Waals surface area contributed by atoms with Gasteiger partial charge in [-0.05, 0) is 5.92 Å². The zero-order valence-electron chi connectivity index (χ0n) is 10.3. The highest BCUT2D eigenvalue weighted by molar-refractivity contribution is 5.72. The first-order valence-electron chi connectivity index (χ1n) is 5.56. The molecule has 0 radical (unpaired) electrons. The van der Waals surface area contributed by atoms with Crippen molar-refractivity contribution >= 4 is 11.9 Å². The number of carbonyl (C=O) groups excluding carboxylic acids is 1. The Bertz CT molecular complexity index is 517. The second-order valence-corrected chi connectivity index (χ2v) is 4.16. The molecule has 0 aliphatic rings. The number of ether oxygens (including phenoxy) is 1. The fourth-order valence-corrected chi connectivity index (χ4v) is 1.38. The summed E-state index contributed by atoms with van der Waals surface area (Å²) in [4.78, 5) is 32.9. The molecule has 104 valence electrons. The van der Waals surface area contributed by atoms with E-state index < -0.39 is 23.1 Å². The van der Waals surface area contributed by atoms with Crippen LogP contribution in [0.15, 0.2) is 21.5 Å². The molecule has 1 unspecified atom stereocenters. The normalized spacial score (nSPS) is 11.8. The zero-order chi connectivity index (χ0) is 14.4. The highest BCUT2D eigenvalue weighted by Crippen LogP contribution is 2.10. The van der Waals surface area contributed by atoms with Crippen LogP contribution in [0.3, 0.4) is 0 Å². The Labute approximate surface area is 108 Å². The Hall–Kier alpha value is -2.31. The van der Waals surface area contributed by atoms with Gasteiger partial charge in [-0.2, -0.15) is 0 Å². The molecule has 1 heterocycles. The van der Waals surface area contributed by atoms with Crippen molar-refractivity contribution in [1.82, 2.24) is 0 Å². The number of esters is 1. The minimum absolute atomic E-state index is 0.0331. The van der Waals surface area contributed by atoms with Gasteiger partial charge in [-0.3, -0.25) is 14.4 Å². The van der Waals surface area contributed by atoms with Crippen molar-refractivity contribution < 1.29 is 29.0 Å². The van der Waals surface area contributed by atoms with E-state index in [1.54, 1.807) is 6.92 Å². The number of hydrogen-bond acceptors (Lipinski definition) is 6. The summed E-state index contributed by atoms with van der Waals surface area (Å²) < 4.78 is 9.67. The lowest BCUT2D eigenvalue weighted by molar-refractivity contribution is -0.147. The highest BCUT2D eigenvalue weighted by atomic mass is 16.5. The Balaban J connectivity index is 2.43. The quantitative estimate of drug-likeness (QED) is 0.737. The maximum Gasteiger partial charge on any atom is 0.306 e. The molecule has 2 N–H and O–H groups in total. The van der Waals surface area contributed by atoms with Crippen molar-refractivity contribution in [3.8, 4) is 5.75 Å². The van der Waals surface area contributed by atoms with Crippen LogP contribution in [0, 0.1) is 5.92 Å². The number of carboxylic acids is 1. The number of hydrogen-bond donors (Lipinski definition) is 2. The Morgan fingerprint density at radius 2 is 2.11 bits per heavy atom. The predicted molar refractivity (Wildman–Crippen MR) is 62.5 cm³/mol. The lowest BCUT2D eigenvalue weighted by Gasteiger charge is -2.08. The van der Waals surface area contributed by atoms with E-state index >= 15 is 0 Å². The standard InChI is InChI=1S/C12H14O7/c1-7(2-11(15)16)3-12(17)19-5-8-4-9(13)10(14)6-18-8/h4,6-7,14H,2-3,5H2,1H3,(H,15,16). The first-order chi connectivity index (χ1) is 8.88. The van der Waals surface area contributed by atoms with Crippen molar-refractivity contribution in [2.24, 2.45) is 5.92 Å². The molecule has 0 aliphatic carbocycles. The van der Waals surface area contributed by atoms with Gasteiger partial charge in [0.15, 0.2) is 5.75 Å². The maximum atomic E-state index is 11.4. The molecule has 1 atom stereocenters. The van der Waals surface area contributed by atoms with E-state index in [1.165, 1.54) is 0 Å². The number of aromatic hydroxyl groups is 1. The van der Waals surface area contributed by atoms with Gasteiger partial charge in [0.25, 0.3) is 0 Å². The van der Waals surface area contributed by atoms with Crippen LogP contribution in [-0.2, 0) is 20.9 Å². The van der Waals surface area contributed by atoms with E-state index in [4.69, 9.17) is 19.4 Å². The van der Waals surface area contributed by atoms with E-state index in [2.05, 4.69) is 0 Å². The van der Waals surface area contributed by atoms with Crippen molar-refractivity contribution in [1.29, 1.82) is 0 Å². The summed E-state index contributed by atoms with van der Waals surface area (Å²) in [5.41, 5.74) is -0.628. The van der Waals surface area contributed by atoms with Gasteiger partial charge in [0, 0.05) is 18.9 Å². The summed E-state index contributed by atoms with van der Waals surface area (Å²) in [6, 6.07) is 1.02. The fourth-order valence-electron chi connectivity index (χ4n) is 1.38. The van der Waals surface area contributed by atoms with E-state index in [9.17, 15) is 14.4 Å². The summed E-state index contributed by atoms with van der Waals surface area (Å²) in [5, 5.41) is 17.5. The fraction of sp³-hybridized carbons (Fsp3) is 0.417. The molecule has 7 nitrogen and oxygen atoms in total. The van der Waals surface area contributed by atoms with Crippen LogP contribution in [0.4, 0.5) is 0 Å². The first kappa shape index (κ1) is 14.7. The molecule has 1 aromatic rings. The van der Waals surface area contributed by atoms with E-state index in [0.717, 1.165) is 12.3 Å². The zero-order valence-corrected chi connectivity index (χ0v) is 10.3. The molecule has 0 spiro atoms. The van der Waals surface area contributed by atoms with E-state index in [0.29, 0.717) is 0 Å². The number of rotatable bonds is 6. The van der Waals surface area contributed by atoms with Gasteiger partial charge in [-0.15, -0.1) is 0 Å². The van der Waals surface area contributed by atoms with Crippen LogP contribution in [0.25, 0.3) is 0 Å². The molecule has 0 saturated heterocycles. The molecule has 0 bridgehead atoms. The summed E-state index contributed by atoms with van der Waals surface area (Å²) in [7, 11) is 0. The summed E-state index contributed by atoms with van der Waals surface area (Å²) in [5.74, 6) is -2.32. The van der Waals surface area contributed by atoms with Crippen molar-refractivity contribution in [2.75, 3.05) is 0 Å². The number of aliphatic carboxylic acids is 1. The molecule has 1 rings (SSSR count). The minimum atomic E-state index is -0.982. The molecule has 0 fully saturated rings. The second-order valence-electron chi connectivity index (χ2n) is 4.16. The Morgan fingerprint density at radius 3 is 2.68 bits per heavy atom. The molecule has 0 aromatic carbocycles. The number of carbonyl (C=O) groups is 2. The predicted octanol–water partition coefficient (Wildman–Crippen LogP) is 0.889. The highest BCUT2D eigenvalue weighted by Gasteiger charge is 2.14. The van der Waals surface area contributed by atoms with Crippen LogP contribution in [-0.4, -0.2) is 22.2 Å². The SMILES string of the molecule is CC(CC(=O)O)CC(=O)OCc1cc(=O)c(O)co1. The van der Waals surface area contributed by atoms with Crippen molar-refractivity contribution in [2.45, 2.75) is 26.4 Å². The summed E-state index contributed by atoms with van der Waals surface area (Å²) in [6.07, 6.45) is 0.705. The third-order valence-electron chi connectivity index (χ3n) is 2.28. The summed E-state index contributed by atoms with van der Waals surface area (Å²) >= 11 is 0. The topological polar surface area (TPSA) is 114 Å². The molecule has 0 amide bonds. The second kappa shape index (κ2) is 6.58. The monoisotopic (exact) mass is 270 g/mol. The van der Waals surface area contributed by atoms with Gasteiger partial charge in [0.05, 0.1) is 0 Å². The van der Waals surface area contributed by atoms with Crippen LogP contribution < -0.4 is 5.43 Å². The van der Waals surface area contributed by atoms with Gasteiger partial charge in [-0.1, -0.05) is 6.92 Å². The van der Waals surface area contributed by atoms with Gasteiger partial charge in [0.1, 0.15) is 18.6 Å². The lowest BCUT2D eigenvalue weighted by Crippen LogP contribution is -2.13. The Morgan fingerprint density at radius 1 is 1.42 bits per heavy atom. The van der Waals surface area contributed by atoms with Gasteiger partial charge >= 0.3 is 11.9 Å². The minimum Gasteiger partial charge on any atom is -0.502 e. The number of carboxylic acid groups (broad SMARTS) is 1. The average Bonchev–Trinajstić information content (AvgIpc) is 2.29. The molecule has 0 saturated carbocycles. The maximum absolute atomic E-state index is 11.4. The largest absolute Gasteiger partial charge is 0.502 e. The van der Waals surface area contributed by atoms with Crippen LogP contribution in [0.5, 0.6) is 5.75 Å². The molecule has 7 heteroatoms.